The highest BCUT2D eigenvalue weighted by atomic mass is 16.5. The van der Waals surface area contributed by atoms with Crippen molar-refractivity contribution in [2.75, 3.05) is 12.4 Å². The van der Waals surface area contributed by atoms with Gasteiger partial charge < -0.3 is 15.4 Å². The smallest absolute Gasteiger partial charge is 0.319 e. The quantitative estimate of drug-likeness (QED) is 0.778. The van der Waals surface area contributed by atoms with Crippen LogP contribution in [-0.2, 0) is 6.54 Å². The summed E-state index contributed by atoms with van der Waals surface area (Å²) in [7, 11) is 1.59. The number of nitrogens with one attached hydrogen (secondary N) is 2. The summed E-state index contributed by atoms with van der Waals surface area (Å²) in [4.78, 5) is 12.0. The van der Waals surface area contributed by atoms with Gasteiger partial charge in [0.1, 0.15) is 5.75 Å². The molecule has 2 heterocycles. The Bertz CT molecular complexity index is 797. The van der Waals surface area contributed by atoms with Gasteiger partial charge in [-0.25, -0.2) is 9.31 Å². The lowest BCUT2D eigenvalue weighted by molar-refractivity contribution is 0.252. The second kappa shape index (κ2) is 6.17. The number of hydrogen-bond acceptors (Lipinski definition) is 3. The number of benzene rings is 1. The minimum Gasteiger partial charge on any atom is -0.497 e. The maximum atomic E-state index is 12.0. The molecule has 2 amide bonds. The Morgan fingerprint density at radius 3 is 3.05 bits per heavy atom. The zero-order valence-electron chi connectivity index (χ0n) is 12.1. The van der Waals surface area contributed by atoms with E-state index >= 15 is 0 Å². The molecule has 0 saturated heterocycles. The molecule has 0 bridgehead atoms. The van der Waals surface area contributed by atoms with Crippen LogP contribution in [0.25, 0.3) is 5.52 Å². The molecule has 22 heavy (non-hydrogen) atoms. The Labute approximate surface area is 127 Å². The monoisotopic (exact) mass is 296 g/mol. The Kier molecular flexibility index (Phi) is 3.91. The maximum Gasteiger partial charge on any atom is 0.319 e. The number of pyridine rings is 1. The van der Waals surface area contributed by atoms with Crippen molar-refractivity contribution in [2.24, 2.45) is 0 Å². The number of hydrogen-bond donors (Lipinski definition) is 2. The van der Waals surface area contributed by atoms with Crippen LogP contribution in [0.1, 0.15) is 5.56 Å². The highest BCUT2D eigenvalue weighted by molar-refractivity contribution is 5.89. The average molecular weight is 296 g/mol. The molecule has 1 aromatic carbocycles. The number of anilines is 1. The highest BCUT2D eigenvalue weighted by Crippen LogP contribution is 2.16. The largest absolute Gasteiger partial charge is 0.497 e. The summed E-state index contributed by atoms with van der Waals surface area (Å²) in [6.07, 6.45) is 3.62. The van der Waals surface area contributed by atoms with Gasteiger partial charge in [-0.05, 0) is 24.3 Å². The van der Waals surface area contributed by atoms with Crippen molar-refractivity contribution in [3.05, 3.63) is 60.4 Å². The van der Waals surface area contributed by atoms with Gasteiger partial charge in [-0.1, -0.05) is 12.1 Å². The third-order valence-corrected chi connectivity index (χ3v) is 3.27. The van der Waals surface area contributed by atoms with E-state index in [0.717, 1.165) is 11.1 Å². The predicted molar refractivity (Wildman–Crippen MR) is 84.0 cm³/mol. The fourth-order valence-corrected chi connectivity index (χ4v) is 2.18. The van der Waals surface area contributed by atoms with E-state index in [1.54, 1.807) is 30.0 Å². The van der Waals surface area contributed by atoms with Gasteiger partial charge in [0.05, 0.1) is 18.8 Å². The molecule has 6 heteroatoms. The summed E-state index contributed by atoms with van der Waals surface area (Å²) in [6, 6.07) is 12.7. The molecule has 0 spiro atoms. The summed E-state index contributed by atoms with van der Waals surface area (Å²) in [5, 5.41) is 9.82. The average Bonchev–Trinajstić information content (AvgIpc) is 2.96. The SMILES string of the molecule is COc1cccc(NC(=O)NCc2cnn3ccccc23)c1. The molecule has 0 radical (unpaired) electrons. The van der Waals surface area contributed by atoms with Crippen molar-refractivity contribution < 1.29 is 9.53 Å². The van der Waals surface area contributed by atoms with Crippen molar-refractivity contribution >= 4 is 17.2 Å². The van der Waals surface area contributed by atoms with Crippen molar-refractivity contribution in [1.29, 1.82) is 0 Å². The molecule has 2 aromatic heterocycles. The lowest BCUT2D eigenvalue weighted by Crippen LogP contribution is -2.28. The Balaban J connectivity index is 1.62. The molecule has 0 aliphatic heterocycles. The van der Waals surface area contributed by atoms with Crippen LogP contribution < -0.4 is 15.4 Å². The molecular weight excluding hydrogens is 280 g/mol. The first-order valence-corrected chi connectivity index (χ1v) is 6.86. The van der Waals surface area contributed by atoms with E-state index in [9.17, 15) is 4.79 Å². The van der Waals surface area contributed by atoms with Crippen LogP contribution in [0, 0.1) is 0 Å². The van der Waals surface area contributed by atoms with Crippen molar-refractivity contribution in [2.45, 2.75) is 6.54 Å². The Hall–Kier alpha value is -3.02. The van der Waals surface area contributed by atoms with E-state index in [0.29, 0.717) is 18.0 Å². The Morgan fingerprint density at radius 1 is 1.27 bits per heavy atom. The first-order chi connectivity index (χ1) is 10.8. The molecule has 0 saturated carbocycles. The lowest BCUT2D eigenvalue weighted by Gasteiger charge is -2.08. The summed E-state index contributed by atoms with van der Waals surface area (Å²) in [6.45, 7) is 0.406. The van der Waals surface area contributed by atoms with Gasteiger partial charge in [0.15, 0.2) is 0 Å². The normalized spacial score (nSPS) is 10.4. The summed E-state index contributed by atoms with van der Waals surface area (Å²) in [5.74, 6) is 0.695. The van der Waals surface area contributed by atoms with Crippen LogP contribution in [0.3, 0.4) is 0 Å². The predicted octanol–water partition coefficient (Wildman–Crippen LogP) is 2.66. The molecule has 6 nitrogen and oxygen atoms in total. The molecule has 0 aliphatic carbocycles. The van der Waals surface area contributed by atoms with Crippen LogP contribution in [0.4, 0.5) is 10.5 Å². The minimum absolute atomic E-state index is 0.275. The molecule has 0 unspecified atom stereocenters. The summed E-state index contributed by atoms with van der Waals surface area (Å²) < 4.78 is 6.90. The van der Waals surface area contributed by atoms with Gasteiger partial charge in [-0.2, -0.15) is 5.10 Å². The zero-order valence-corrected chi connectivity index (χ0v) is 12.1. The van der Waals surface area contributed by atoms with Gasteiger partial charge in [0.25, 0.3) is 0 Å². The molecular formula is C16H16N4O2. The standard InChI is InChI=1S/C16H16N4O2/c1-22-14-6-4-5-13(9-14)19-16(21)17-10-12-11-18-20-8-3-2-7-15(12)20/h2-9,11H,10H2,1H3,(H2,17,19,21). The van der Waals surface area contributed by atoms with E-state index in [-0.39, 0.29) is 6.03 Å². The zero-order chi connectivity index (χ0) is 15.4. The third-order valence-electron chi connectivity index (χ3n) is 3.27. The molecule has 2 N–H and O–H groups in total. The molecule has 3 rings (SSSR count). The number of amides is 2. The van der Waals surface area contributed by atoms with Gasteiger partial charge in [0.2, 0.25) is 0 Å². The number of ether oxygens (including phenoxy) is 1. The first-order valence-electron chi connectivity index (χ1n) is 6.86. The molecule has 0 aliphatic rings. The van der Waals surface area contributed by atoms with Crippen LogP contribution in [0.15, 0.2) is 54.9 Å². The molecule has 3 aromatic rings. The van der Waals surface area contributed by atoms with Gasteiger partial charge >= 0.3 is 6.03 Å². The maximum absolute atomic E-state index is 12.0. The number of carbonyl (C=O) groups is 1. The number of carbonyl (C=O) groups excluding carboxylic acids is 1. The summed E-state index contributed by atoms with van der Waals surface area (Å²) >= 11 is 0. The molecule has 112 valence electrons. The number of fused-ring (bicyclic) bond motifs is 1. The van der Waals surface area contributed by atoms with Gasteiger partial charge in [-0.15, -0.1) is 0 Å². The fraction of sp³-hybridized carbons (Fsp3) is 0.125. The number of aromatic nitrogens is 2. The van der Waals surface area contributed by atoms with E-state index in [2.05, 4.69) is 15.7 Å². The van der Waals surface area contributed by atoms with E-state index in [4.69, 9.17) is 4.74 Å². The lowest BCUT2D eigenvalue weighted by atomic mass is 10.2. The van der Waals surface area contributed by atoms with Crippen molar-refractivity contribution in [1.82, 2.24) is 14.9 Å². The highest BCUT2D eigenvalue weighted by Gasteiger charge is 2.06. The molecule has 0 fully saturated rings. The number of rotatable bonds is 4. The van der Waals surface area contributed by atoms with Gasteiger partial charge in [0, 0.05) is 30.1 Å². The van der Waals surface area contributed by atoms with Gasteiger partial charge in [-0.3, -0.25) is 0 Å². The van der Waals surface area contributed by atoms with Crippen molar-refractivity contribution in [3.8, 4) is 5.75 Å². The number of urea groups is 1. The fourth-order valence-electron chi connectivity index (χ4n) is 2.18. The Morgan fingerprint density at radius 2 is 2.18 bits per heavy atom. The topological polar surface area (TPSA) is 67.7 Å². The van der Waals surface area contributed by atoms with Crippen LogP contribution in [0.5, 0.6) is 5.75 Å². The van der Waals surface area contributed by atoms with Crippen LogP contribution in [0.2, 0.25) is 0 Å². The van der Waals surface area contributed by atoms with Crippen LogP contribution >= 0.6 is 0 Å². The second-order valence-electron chi connectivity index (χ2n) is 4.74. The van der Waals surface area contributed by atoms with Crippen LogP contribution in [-0.4, -0.2) is 22.8 Å². The summed E-state index contributed by atoms with van der Waals surface area (Å²) in [5.41, 5.74) is 2.61. The number of methoxy groups -OCH3 is 1. The minimum atomic E-state index is -0.275. The third kappa shape index (κ3) is 3.01. The molecule has 0 atom stereocenters. The first kappa shape index (κ1) is 13.9. The second-order valence-corrected chi connectivity index (χ2v) is 4.74. The number of nitrogens with zero attached hydrogens (tertiary/aromatic N) is 2. The van der Waals surface area contributed by atoms with E-state index in [1.807, 2.05) is 36.5 Å². The van der Waals surface area contributed by atoms with E-state index in [1.165, 1.54) is 0 Å². The van der Waals surface area contributed by atoms with E-state index < -0.39 is 0 Å². The van der Waals surface area contributed by atoms with Crippen molar-refractivity contribution in [3.63, 3.8) is 0 Å².